The number of esters is 2. The lowest BCUT2D eigenvalue weighted by atomic mass is 9.90. The van der Waals surface area contributed by atoms with E-state index in [2.05, 4.69) is 12.6 Å². The van der Waals surface area contributed by atoms with Crippen LogP contribution in [0.25, 0.3) is 0 Å². The molecular weight excluding hydrogens is 558 g/mol. The smallest absolute Gasteiger partial charge is 0.361 e. The van der Waals surface area contributed by atoms with Crippen LogP contribution in [0.4, 0.5) is 0 Å². The van der Waals surface area contributed by atoms with Crippen molar-refractivity contribution in [1.29, 1.82) is 0 Å². The molecule has 1 aliphatic heterocycles. The van der Waals surface area contributed by atoms with Gasteiger partial charge in [-0.3, -0.25) is 14.3 Å². The Morgan fingerprint density at radius 2 is 1.67 bits per heavy atom. The van der Waals surface area contributed by atoms with Crippen LogP contribution >= 0.6 is 12.6 Å². The largest absolute Gasteiger partial charge is 0.438 e. The van der Waals surface area contributed by atoms with E-state index in [0.717, 1.165) is 11.1 Å². The predicted octanol–water partition coefficient (Wildman–Crippen LogP) is 4.67. The van der Waals surface area contributed by atoms with Crippen molar-refractivity contribution < 1.29 is 38.1 Å². The van der Waals surface area contributed by atoms with Gasteiger partial charge in [-0.1, -0.05) is 60.7 Å². The van der Waals surface area contributed by atoms with Crippen LogP contribution in [0.3, 0.4) is 0 Å². The summed E-state index contributed by atoms with van der Waals surface area (Å²) in [4.78, 5) is 40.0. The molecule has 0 radical (unpaired) electrons. The fraction of sp³-hybridized carbons (Fsp3) is 0.344. The Kier molecular flexibility index (Phi) is 11.1. The second kappa shape index (κ2) is 15.0. The molecule has 1 heterocycles. The molecule has 0 N–H and O–H groups in total. The van der Waals surface area contributed by atoms with Gasteiger partial charge < -0.3 is 23.8 Å². The van der Waals surface area contributed by atoms with E-state index in [-0.39, 0.29) is 16.9 Å². The number of hydrogen-bond donors (Lipinski definition) is 1. The SMILES string of the molecule is COC(OCOC(C)=O)(OC(=O)c1ccccc1)c1ccc(C(CCc2ccccc2)C(=O)N2CCOC(S)C2)cc1. The van der Waals surface area contributed by atoms with Crippen molar-refractivity contribution in [3.63, 3.8) is 0 Å². The van der Waals surface area contributed by atoms with Crippen LogP contribution in [0.2, 0.25) is 0 Å². The van der Waals surface area contributed by atoms with Gasteiger partial charge in [-0.2, -0.15) is 0 Å². The highest BCUT2D eigenvalue weighted by molar-refractivity contribution is 7.80. The molecule has 9 nitrogen and oxygen atoms in total. The number of aryl methyl sites for hydroxylation is 1. The van der Waals surface area contributed by atoms with Gasteiger partial charge in [0, 0.05) is 20.6 Å². The number of amides is 1. The highest BCUT2D eigenvalue weighted by Gasteiger charge is 2.40. The zero-order valence-electron chi connectivity index (χ0n) is 23.6. The lowest BCUT2D eigenvalue weighted by Gasteiger charge is -2.34. The van der Waals surface area contributed by atoms with Gasteiger partial charge >= 0.3 is 17.9 Å². The summed E-state index contributed by atoms with van der Waals surface area (Å²) >= 11 is 4.41. The molecule has 1 amide bonds. The lowest BCUT2D eigenvalue weighted by Crippen LogP contribution is -2.45. The fourth-order valence-electron chi connectivity index (χ4n) is 4.70. The number of morpholine rings is 1. The monoisotopic (exact) mass is 593 g/mol. The molecule has 3 unspecified atom stereocenters. The molecule has 0 bridgehead atoms. The number of carbonyl (C=O) groups is 3. The molecule has 42 heavy (non-hydrogen) atoms. The predicted molar refractivity (Wildman–Crippen MR) is 158 cm³/mol. The summed E-state index contributed by atoms with van der Waals surface area (Å²) in [6.45, 7) is 2.02. The van der Waals surface area contributed by atoms with Gasteiger partial charge in [0.05, 0.1) is 30.2 Å². The first kappa shape index (κ1) is 31.2. The highest BCUT2D eigenvalue weighted by Crippen LogP contribution is 2.33. The molecule has 0 spiro atoms. The Morgan fingerprint density at radius 1 is 1.00 bits per heavy atom. The highest BCUT2D eigenvalue weighted by atomic mass is 32.1. The van der Waals surface area contributed by atoms with Crippen molar-refractivity contribution in [2.75, 3.05) is 33.6 Å². The third-order valence-electron chi connectivity index (χ3n) is 6.91. The zero-order chi connectivity index (χ0) is 30.0. The van der Waals surface area contributed by atoms with Gasteiger partial charge in [-0.05, 0) is 48.2 Å². The number of thiol groups is 1. The van der Waals surface area contributed by atoms with Gasteiger partial charge in [-0.25, -0.2) is 4.79 Å². The summed E-state index contributed by atoms with van der Waals surface area (Å²) in [5.41, 5.74) is 2.19. The Morgan fingerprint density at radius 3 is 2.29 bits per heavy atom. The fourth-order valence-corrected chi connectivity index (χ4v) is 5.00. The normalized spacial score (nSPS) is 17.1. The number of benzene rings is 3. The van der Waals surface area contributed by atoms with E-state index in [9.17, 15) is 14.4 Å². The molecular formula is C32H35NO8S. The van der Waals surface area contributed by atoms with Gasteiger partial charge in [-0.15, -0.1) is 12.6 Å². The first-order valence-corrected chi connectivity index (χ1v) is 14.2. The Labute approximate surface area is 251 Å². The molecule has 0 aromatic heterocycles. The van der Waals surface area contributed by atoms with Crippen LogP contribution in [0.5, 0.6) is 0 Å². The first-order chi connectivity index (χ1) is 20.3. The Hall–Kier alpha value is -3.70. The third kappa shape index (κ3) is 8.19. The van der Waals surface area contributed by atoms with E-state index >= 15 is 0 Å². The summed E-state index contributed by atoms with van der Waals surface area (Å²) in [6, 6.07) is 25.3. The van der Waals surface area contributed by atoms with Crippen molar-refractivity contribution in [3.8, 4) is 0 Å². The summed E-state index contributed by atoms with van der Waals surface area (Å²) in [5.74, 6) is -3.75. The van der Waals surface area contributed by atoms with Crippen LogP contribution in [-0.2, 0) is 45.7 Å². The molecule has 222 valence electrons. The maximum absolute atomic E-state index is 13.8. The van der Waals surface area contributed by atoms with Crippen molar-refractivity contribution in [3.05, 3.63) is 107 Å². The standard InChI is InChI=1S/C32H35NO8S/c1-23(34)39-22-40-32(37-2,41-31(36)26-11-7-4-8-12-26)27-16-14-25(15-17-27)28(18-13-24-9-5-3-6-10-24)30(35)33-19-20-38-29(42)21-33/h3-12,14-17,28-29,42H,13,18-22H2,1-2H3. The van der Waals surface area contributed by atoms with E-state index in [1.807, 2.05) is 30.3 Å². The Bertz CT molecular complexity index is 1320. The van der Waals surface area contributed by atoms with Gasteiger partial charge in [0.2, 0.25) is 5.91 Å². The Balaban J connectivity index is 1.62. The molecule has 1 fully saturated rings. The second-order valence-corrected chi connectivity index (χ2v) is 10.3. The number of ether oxygens (including phenoxy) is 5. The summed E-state index contributed by atoms with van der Waals surface area (Å²) in [7, 11) is 1.32. The molecule has 4 rings (SSSR count). The van der Waals surface area contributed by atoms with Crippen molar-refractivity contribution in [2.24, 2.45) is 0 Å². The van der Waals surface area contributed by atoms with Gasteiger partial charge in [0.1, 0.15) is 5.44 Å². The molecule has 10 heteroatoms. The van der Waals surface area contributed by atoms with E-state index in [4.69, 9.17) is 23.7 Å². The molecule has 0 aliphatic carbocycles. The van der Waals surface area contributed by atoms with Gasteiger partial charge in [0.15, 0.2) is 6.79 Å². The van der Waals surface area contributed by atoms with Crippen LogP contribution in [0.15, 0.2) is 84.9 Å². The van der Waals surface area contributed by atoms with E-state index < -0.39 is 30.6 Å². The molecule has 1 aliphatic rings. The minimum Gasteiger partial charge on any atom is -0.438 e. The minimum absolute atomic E-state index is 0.0133. The molecule has 3 aromatic rings. The average molecular weight is 594 g/mol. The second-order valence-electron chi connectivity index (χ2n) is 9.72. The number of rotatable bonds is 12. The van der Waals surface area contributed by atoms with Crippen LogP contribution < -0.4 is 0 Å². The van der Waals surface area contributed by atoms with Crippen molar-refractivity contribution >= 4 is 30.5 Å². The summed E-state index contributed by atoms with van der Waals surface area (Å²) < 4.78 is 27.5. The maximum Gasteiger partial charge on any atom is 0.361 e. The van der Waals surface area contributed by atoms with Crippen molar-refractivity contribution in [1.82, 2.24) is 4.90 Å². The number of hydrogen-bond acceptors (Lipinski definition) is 9. The van der Waals surface area contributed by atoms with Crippen molar-refractivity contribution in [2.45, 2.75) is 37.1 Å². The van der Waals surface area contributed by atoms with E-state index in [0.29, 0.717) is 38.1 Å². The average Bonchev–Trinajstić information content (AvgIpc) is 3.01. The van der Waals surface area contributed by atoms with Crippen LogP contribution in [0, 0.1) is 0 Å². The molecule has 3 atom stereocenters. The number of methoxy groups -OCH3 is 1. The van der Waals surface area contributed by atoms with E-state index in [1.54, 1.807) is 59.5 Å². The van der Waals surface area contributed by atoms with Crippen LogP contribution in [-0.4, -0.2) is 61.8 Å². The van der Waals surface area contributed by atoms with Gasteiger partial charge in [0.25, 0.3) is 0 Å². The number of nitrogens with zero attached hydrogens (tertiary/aromatic N) is 1. The third-order valence-corrected chi connectivity index (χ3v) is 7.22. The lowest BCUT2D eigenvalue weighted by molar-refractivity contribution is -0.375. The number of carbonyl (C=O) groups excluding carboxylic acids is 3. The first-order valence-electron chi connectivity index (χ1n) is 13.6. The molecule has 3 aromatic carbocycles. The quantitative estimate of drug-likeness (QED) is 0.184. The van der Waals surface area contributed by atoms with Crippen LogP contribution in [0.1, 0.15) is 46.3 Å². The zero-order valence-corrected chi connectivity index (χ0v) is 24.5. The topological polar surface area (TPSA) is 101 Å². The summed E-state index contributed by atoms with van der Waals surface area (Å²) in [6.07, 6.45) is 1.29. The van der Waals surface area contributed by atoms with E-state index in [1.165, 1.54) is 14.0 Å². The maximum atomic E-state index is 13.8. The summed E-state index contributed by atoms with van der Waals surface area (Å²) in [5, 5.41) is 0. The molecule has 1 saturated heterocycles. The molecule has 0 saturated carbocycles. The minimum atomic E-state index is -2.02.